The van der Waals surface area contributed by atoms with Crippen LogP contribution in [0, 0.1) is 0 Å². The van der Waals surface area contributed by atoms with Gasteiger partial charge in [-0.2, -0.15) is 25.3 Å². The molecule has 0 spiro atoms. The molecular weight excluding hydrogens is 236 g/mol. The van der Waals surface area contributed by atoms with Crippen molar-refractivity contribution in [1.82, 2.24) is 0 Å². The van der Waals surface area contributed by atoms with E-state index in [9.17, 15) is 9.59 Å². The smallest absolute Gasteiger partial charge is 0.320 e. The molecule has 0 fully saturated rings. The topological polar surface area (TPSA) is 63.6 Å². The Morgan fingerprint density at radius 1 is 1.27 bits per heavy atom. The molecule has 0 radical (unpaired) electrons. The standard InChI is InChI=1S/C9H16O4S2/c1-2-3-4-5-13-9(12)7(15)6(14)8(10)11/h6-7,14-15H,2-5H2,1H3,(H,10,11)/t6-,7+/m1/s1. The molecule has 15 heavy (non-hydrogen) atoms. The first-order valence-corrected chi connectivity index (χ1v) is 5.79. The number of aliphatic carboxylic acids is 1. The van der Waals surface area contributed by atoms with Crippen molar-refractivity contribution in [2.75, 3.05) is 6.61 Å². The van der Waals surface area contributed by atoms with Gasteiger partial charge in [-0.15, -0.1) is 0 Å². The van der Waals surface area contributed by atoms with Gasteiger partial charge in [-0.3, -0.25) is 9.59 Å². The van der Waals surface area contributed by atoms with E-state index in [1.54, 1.807) is 0 Å². The van der Waals surface area contributed by atoms with Crippen molar-refractivity contribution in [3.8, 4) is 0 Å². The molecule has 0 aromatic carbocycles. The summed E-state index contributed by atoms with van der Waals surface area (Å²) in [6.07, 6.45) is 2.80. The van der Waals surface area contributed by atoms with E-state index in [1.165, 1.54) is 0 Å². The molecular formula is C9H16O4S2. The summed E-state index contributed by atoms with van der Waals surface area (Å²) in [5, 5.41) is 6.42. The Morgan fingerprint density at radius 3 is 2.33 bits per heavy atom. The molecule has 4 nitrogen and oxygen atoms in total. The molecule has 0 aliphatic heterocycles. The highest BCUT2D eigenvalue weighted by Gasteiger charge is 2.28. The van der Waals surface area contributed by atoms with Crippen molar-refractivity contribution in [3.63, 3.8) is 0 Å². The van der Waals surface area contributed by atoms with E-state index in [-0.39, 0.29) is 0 Å². The van der Waals surface area contributed by atoms with E-state index < -0.39 is 22.4 Å². The fraction of sp³-hybridized carbons (Fsp3) is 0.778. The van der Waals surface area contributed by atoms with Gasteiger partial charge in [-0.1, -0.05) is 19.8 Å². The number of unbranched alkanes of at least 4 members (excludes halogenated alkanes) is 2. The summed E-state index contributed by atoms with van der Waals surface area (Å²) in [5.41, 5.74) is 0. The van der Waals surface area contributed by atoms with Crippen LogP contribution in [0.25, 0.3) is 0 Å². The SMILES string of the molecule is CCCCCOC(=O)[C@@H](S)[C@@H](S)C(=O)O. The number of thiol groups is 2. The number of ether oxygens (including phenoxy) is 1. The summed E-state index contributed by atoms with van der Waals surface area (Å²) in [5.74, 6) is -1.80. The molecule has 88 valence electrons. The summed E-state index contributed by atoms with van der Waals surface area (Å²) in [7, 11) is 0. The summed E-state index contributed by atoms with van der Waals surface area (Å²) in [6, 6.07) is 0. The maximum atomic E-state index is 11.2. The maximum Gasteiger partial charge on any atom is 0.320 e. The number of hydrogen-bond donors (Lipinski definition) is 3. The fourth-order valence-corrected chi connectivity index (χ4v) is 1.20. The van der Waals surface area contributed by atoms with Gasteiger partial charge < -0.3 is 9.84 Å². The number of carbonyl (C=O) groups excluding carboxylic acids is 1. The minimum Gasteiger partial charge on any atom is -0.480 e. The maximum absolute atomic E-state index is 11.2. The second-order valence-electron chi connectivity index (χ2n) is 3.10. The lowest BCUT2D eigenvalue weighted by Crippen LogP contribution is -2.33. The number of carboxylic acid groups (broad SMARTS) is 1. The lowest BCUT2D eigenvalue weighted by atomic mass is 10.2. The van der Waals surface area contributed by atoms with E-state index in [0.29, 0.717) is 6.61 Å². The Labute approximate surface area is 100 Å². The molecule has 6 heteroatoms. The van der Waals surface area contributed by atoms with Crippen LogP contribution in [0.5, 0.6) is 0 Å². The van der Waals surface area contributed by atoms with E-state index in [1.807, 2.05) is 6.92 Å². The van der Waals surface area contributed by atoms with Crippen LogP contribution in [0.3, 0.4) is 0 Å². The zero-order chi connectivity index (χ0) is 11.8. The van der Waals surface area contributed by atoms with Gasteiger partial charge in [0.15, 0.2) is 0 Å². The van der Waals surface area contributed by atoms with Gasteiger partial charge in [0.05, 0.1) is 6.61 Å². The Hall–Kier alpha value is -0.360. The molecule has 0 unspecified atom stereocenters. The Balaban J connectivity index is 3.84. The van der Waals surface area contributed by atoms with Crippen molar-refractivity contribution >= 4 is 37.2 Å². The molecule has 0 saturated carbocycles. The molecule has 0 heterocycles. The lowest BCUT2D eigenvalue weighted by molar-refractivity contribution is -0.146. The van der Waals surface area contributed by atoms with Crippen LogP contribution in [0.4, 0.5) is 0 Å². The Morgan fingerprint density at radius 2 is 1.87 bits per heavy atom. The van der Waals surface area contributed by atoms with Crippen LogP contribution in [0.15, 0.2) is 0 Å². The van der Waals surface area contributed by atoms with Gasteiger partial charge in [0.2, 0.25) is 0 Å². The third-order valence-electron chi connectivity index (χ3n) is 1.79. The molecule has 0 rings (SSSR count). The van der Waals surface area contributed by atoms with Crippen LogP contribution < -0.4 is 0 Å². The van der Waals surface area contributed by atoms with E-state index in [2.05, 4.69) is 25.3 Å². The molecule has 0 aliphatic carbocycles. The predicted octanol–water partition coefficient (Wildman–Crippen LogP) is 1.40. The number of esters is 1. The van der Waals surface area contributed by atoms with Crippen LogP contribution >= 0.6 is 25.3 Å². The largest absolute Gasteiger partial charge is 0.480 e. The quantitative estimate of drug-likeness (QED) is 0.364. The number of hydrogen-bond acceptors (Lipinski definition) is 5. The molecule has 2 atom stereocenters. The average molecular weight is 252 g/mol. The molecule has 0 amide bonds. The Bertz CT molecular complexity index is 220. The van der Waals surface area contributed by atoms with Crippen LogP contribution in [0.1, 0.15) is 26.2 Å². The molecule has 0 saturated heterocycles. The van der Waals surface area contributed by atoms with E-state index in [0.717, 1.165) is 19.3 Å². The molecule has 0 aromatic rings. The minimum atomic E-state index is -1.18. The van der Waals surface area contributed by atoms with Crippen LogP contribution in [-0.4, -0.2) is 34.2 Å². The third-order valence-corrected chi connectivity index (χ3v) is 3.05. The summed E-state index contributed by atoms with van der Waals surface area (Å²) >= 11 is 7.60. The monoisotopic (exact) mass is 252 g/mol. The summed E-state index contributed by atoms with van der Waals surface area (Å²) in [6.45, 7) is 2.35. The van der Waals surface area contributed by atoms with Gasteiger partial charge in [0.25, 0.3) is 0 Å². The third kappa shape index (κ3) is 5.94. The van der Waals surface area contributed by atoms with Gasteiger partial charge >= 0.3 is 11.9 Å². The van der Waals surface area contributed by atoms with E-state index in [4.69, 9.17) is 9.84 Å². The zero-order valence-electron chi connectivity index (χ0n) is 8.55. The predicted molar refractivity (Wildman–Crippen MR) is 63.7 cm³/mol. The first-order chi connectivity index (χ1) is 7.00. The van der Waals surface area contributed by atoms with Crippen LogP contribution in [0.2, 0.25) is 0 Å². The van der Waals surface area contributed by atoms with Crippen molar-refractivity contribution in [1.29, 1.82) is 0 Å². The summed E-state index contributed by atoms with van der Waals surface area (Å²) < 4.78 is 4.85. The highest BCUT2D eigenvalue weighted by Crippen LogP contribution is 2.11. The summed E-state index contributed by atoms with van der Waals surface area (Å²) in [4.78, 5) is 21.7. The van der Waals surface area contributed by atoms with Crippen molar-refractivity contribution < 1.29 is 19.4 Å². The highest BCUT2D eigenvalue weighted by atomic mass is 32.1. The van der Waals surface area contributed by atoms with Gasteiger partial charge in [0.1, 0.15) is 10.5 Å². The van der Waals surface area contributed by atoms with Gasteiger partial charge in [-0.25, -0.2) is 0 Å². The lowest BCUT2D eigenvalue weighted by Gasteiger charge is -2.13. The van der Waals surface area contributed by atoms with E-state index >= 15 is 0 Å². The van der Waals surface area contributed by atoms with Gasteiger partial charge in [0, 0.05) is 0 Å². The molecule has 1 N–H and O–H groups in total. The number of carbonyl (C=O) groups is 2. The second kappa shape index (κ2) is 7.87. The average Bonchev–Trinajstić information content (AvgIpc) is 2.21. The molecule has 0 aliphatic rings. The van der Waals surface area contributed by atoms with Crippen molar-refractivity contribution in [2.45, 2.75) is 36.7 Å². The first-order valence-electron chi connectivity index (χ1n) is 4.76. The second-order valence-corrected chi connectivity index (χ2v) is 4.22. The zero-order valence-corrected chi connectivity index (χ0v) is 10.3. The highest BCUT2D eigenvalue weighted by molar-refractivity contribution is 7.86. The normalized spacial score (nSPS) is 14.3. The van der Waals surface area contributed by atoms with Gasteiger partial charge in [-0.05, 0) is 6.42 Å². The minimum absolute atomic E-state index is 0.309. The number of rotatable bonds is 7. The van der Waals surface area contributed by atoms with Crippen molar-refractivity contribution in [2.24, 2.45) is 0 Å². The molecule has 0 bridgehead atoms. The molecule has 0 aromatic heterocycles. The van der Waals surface area contributed by atoms with Crippen LogP contribution in [-0.2, 0) is 14.3 Å². The first kappa shape index (κ1) is 14.6. The Kier molecular flexibility index (Phi) is 7.68. The van der Waals surface area contributed by atoms with Crippen molar-refractivity contribution in [3.05, 3.63) is 0 Å². The fourth-order valence-electron chi connectivity index (χ4n) is 0.874. The number of carboxylic acids is 1.